The average molecular weight is 357 g/mol. The van der Waals surface area contributed by atoms with E-state index in [1.54, 1.807) is 36.0 Å². The molecule has 0 aromatic carbocycles. The lowest BCUT2D eigenvalue weighted by Gasteiger charge is -2.19. The molecule has 1 amide bonds. The van der Waals surface area contributed by atoms with Crippen molar-refractivity contribution in [2.45, 2.75) is 39.4 Å². The second-order valence-electron chi connectivity index (χ2n) is 5.34. The van der Waals surface area contributed by atoms with E-state index in [2.05, 4.69) is 32.5 Å². The highest BCUT2D eigenvalue weighted by Crippen LogP contribution is 2.35. The van der Waals surface area contributed by atoms with E-state index in [-0.39, 0.29) is 11.2 Å². The topological polar surface area (TPSA) is 70.5 Å². The number of aromatic nitrogens is 2. The molecule has 1 aromatic rings. The van der Waals surface area contributed by atoms with Gasteiger partial charge >= 0.3 is 0 Å². The Labute approximate surface area is 152 Å². The highest BCUT2D eigenvalue weighted by atomic mass is 32.2. The summed E-state index contributed by atoms with van der Waals surface area (Å²) in [7, 11) is 0. The lowest BCUT2D eigenvalue weighted by atomic mass is 10.2. The van der Waals surface area contributed by atoms with E-state index in [0.717, 1.165) is 5.57 Å². The maximum atomic E-state index is 11.8. The molecule has 1 N–H and O–H groups in total. The zero-order chi connectivity index (χ0) is 18.2. The summed E-state index contributed by atoms with van der Waals surface area (Å²) in [5.74, 6) is 1.64. The number of rotatable bonds is 6. The molecule has 1 unspecified atom stereocenters. The summed E-state index contributed by atoms with van der Waals surface area (Å²) < 4.78 is 0. The summed E-state index contributed by atoms with van der Waals surface area (Å²) in [5, 5.41) is 10.8. The Morgan fingerprint density at radius 1 is 1.44 bits per heavy atom. The number of thioether (sulfide) groups is 1. The average Bonchev–Trinajstić information content (AvgIpc) is 2.61. The third-order valence-electron chi connectivity index (χ3n) is 3.31. The van der Waals surface area contributed by atoms with Crippen LogP contribution in [0.5, 0.6) is 0 Å². The maximum absolute atomic E-state index is 11.8. The van der Waals surface area contributed by atoms with E-state index in [1.807, 2.05) is 38.5 Å². The number of anilines is 2. The summed E-state index contributed by atoms with van der Waals surface area (Å²) in [6.07, 6.45) is 9.93. The predicted molar refractivity (Wildman–Crippen MR) is 106 cm³/mol. The van der Waals surface area contributed by atoms with Crippen molar-refractivity contribution < 1.29 is 4.79 Å². The van der Waals surface area contributed by atoms with Gasteiger partial charge in [-0.15, -0.1) is 11.8 Å². The molecule has 132 valence electrons. The van der Waals surface area contributed by atoms with Gasteiger partial charge in [0.05, 0.1) is 5.25 Å². The van der Waals surface area contributed by atoms with E-state index in [9.17, 15) is 4.79 Å². The first-order chi connectivity index (χ1) is 12.1. The lowest BCUT2D eigenvalue weighted by Crippen LogP contribution is -2.16. The first-order valence-electron chi connectivity index (χ1n) is 8.17. The summed E-state index contributed by atoms with van der Waals surface area (Å²) >= 11 is 1.63. The minimum Gasteiger partial charge on any atom is -0.311 e. The molecule has 25 heavy (non-hydrogen) atoms. The SMILES string of the molecule is C/C=C\N(/N=C\C)c1cc(NC(=O)CC)nc(C2C=C(C)C=CS2)n1. The van der Waals surface area contributed by atoms with Gasteiger partial charge in [-0.1, -0.05) is 30.7 Å². The van der Waals surface area contributed by atoms with Crippen LogP contribution in [-0.2, 0) is 4.79 Å². The number of nitrogens with one attached hydrogen (secondary N) is 1. The number of nitrogens with zero attached hydrogens (tertiary/aromatic N) is 4. The molecular weight excluding hydrogens is 334 g/mol. The smallest absolute Gasteiger partial charge is 0.225 e. The Morgan fingerprint density at radius 3 is 2.88 bits per heavy atom. The van der Waals surface area contributed by atoms with Crippen molar-refractivity contribution in [3.8, 4) is 0 Å². The number of allylic oxidation sites excluding steroid dienone is 3. The second kappa shape index (κ2) is 9.17. The Morgan fingerprint density at radius 2 is 2.24 bits per heavy atom. The summed E-state index contributed by atoms with van der Waals surface area (Å²) in [5.41, 5.74) is 1.16. The number of amides is 1. The first kappa shape index (κ1) is 18.9. The zero-order valence-electron chi connectivity index (χ0n) is 14.9. The van der Waals surface area contributed by atoms with Crippen molar-refractivity contribution in [2.75, 3.05) is 10.3 Å². The molecule has 1 aliphatic heterocycles. The van der Waals surface area contributed by atoms with E-state index >= 15 is 0 Å². The van der Waals surface area contributed by atoms with Gasteiger partial charge in [-0.25, -0.2) is 15.0 Å². The Balaban J connectivity index is 2.47. The maximum Gasteiger partial charge on any atom is 0.225 e. The first-order valence-corrected chi connectivity index (χ1v) is 9.11. The van der Waals surface area contributed by atoms with Gasteiger partial charge in [-0.3, -0.25) is 4.79 Å². The number of hydrazone groups is 1. The van der Waals surface area contributed by atoms with Crippen molar-refractivity contribution in [2.24, 2.45) is 5.10 Å². The van der Waals surface area contributed by atoms with E-state index in [1.165, 1.54) is 0 Å². The minimum atomic E-state index is -0.0879. The van der Waals surface area contributed by atoms with Gasteiger partial charge < -0.3 is 5.32 Å². The highest BCUT2D eigenvalue weighted by Gasteiger charge is 2.18. The van der Waals surface area contributed by atoms with Gasteiger partial charge in [-0.2, -0.15) is 5.10 Å². The Kier molecular flexibility index (Phi) is 6.94. The van der Waals surface area contributed by atoms with Crippen LogP contribution >= 0.6 is 11.8 Å². The monoisotopic (exact) mass is 357 g/mol. The Bertz CT molecular complexity index is 727. The third-order valence-corrected chi connectivity index (χ3v) is 4.24. The minimum absolute atomic E-state index is 0.000269. The van der Waals surface area contributed by atoms with Crippen molar-refractivity contribution in [3.63, 3.8) is 0 Å². The molecule has 1 aliphatic rings. The standard InChI is InChI=1S/C18H23N5OS/c1-5-9-23(19-7-3)16-12-15(20-17(24)6-2)21-18(22-16)14-11-13(4)8-10-25-14/h5,7-12,14H,6H2,1-4H3,(H,20,21,22,24)/b9-5-,19-7-. The number of hydrogen-bond donors (Lipinski definition) is 1. The predicted octanol–water partition coefficient (Wildman–Crippen LogP) is 4.42. The van der Waals surface area contributed by atoms with E-state index < -0.39 is 0 Å². The van der Waals surface area contributed by atoms with Crippen LogP contribution in [0.2, 0.25) is 0 Å². The van der Waals surface area contributed by atoms with Crippen LogP contribution in [-0.4, -0.2) is 22.1 Å². The second-order valence-corrected chi connectivity index (χ2v) is 6.39. The van der Waals surface area contributed by atoms with Crippen LogP contribution in [0.15, 0.2) is 46.6 Å². The van der Waals surface area contributed by atoms with Gasteiger partial charge in [0, 0.05) is 24.9 Å². The van der Waals surface area contributed by atoms with Crippen LogP contribution in [0.25, 0.3) is 0 Å². The van der Waals surface area contributed by atoms with Gasteiger partial charge in [0.25, 0.3) is 0 Å². The van der Waals surface area contributed by atoms with E-state index in [4.69, 9.17) is 0 Å². The van der Waals surface area contributed by atoms with Crippen LogP contribution in [0.4, 0.5) is 11.6 Å². The molecule has 2 rings (SSSR count). The van der Waals surface area contributed by atoms with Gasteiger partial charge in [-0.05, 0) is 26.2 Å². The molecule has 0 bridgehead atoms. The van der Waals surface area contributed by atoms with Crippen LogP contribution in [0, 0.1) is 0 Å². The number of carbonyl (C=O) groups excluding carboxylic acids is 1. The zero-order valence-corrected chi connectivity index (χ0v) is 15.7. The quantitative estimate of drug-likeness (QED) is 0.603. The molecule has 0 saturated carbocycles. The van der Waals surface area contributed by atoms with Crippen LogP contribution < -0.4 is 10.3 Å². The van der Waals surface area contributed by atoms with Crippen LogP contribution in [0.3, 0.4) is 0 Å². The molecule has 1 aromatic heterocycles. The number of hydrogen-bond acceptors (Lipinski definition) is 6. The van der Waals surface area contributed by atoms with Gasteiger partial charge in [0.2, 0.25) is 5.91 Å². The largest absolute Gasteiger partial charge is 0.311 e. The lowest BCUT2D eigenvalue weighted by molar-refractivity contribution is -0.115. The van der Waals surface area contributed by atoms with Gasteiger partial charge in [0.15, 0.2) is 5.82 Å². The third kappa shape index (κ3) is 5.29. The summed E-state index contributed by atoms with van der Waals surface area (Å²) in [4.78, 5) is 21.0. The van der Waals surface area contributed by atoms with Gasteiger partial charge in [0.1, 0.15) is 11.6 Å². The fraction of sp³-hybridized carbons (Fsp3) is 0.333. The van der Waals surface area contributed by atoms with E-state index in [0.29, 0.717) is 23.9 Å². The number of carbonyl (C=O) groups is 1. The molecule has 0 spiro atoms. The highest BCUT2D eigenvalue weighted by molar-refractivity contribution is 8.02. The molecule has 0 aliphatic carbocycles. The molecule has 0 radical (unpaired) electrons. The van der Waals surface area contributed by atoms with Crippen LogP contribution in [0.1, 0.15) is 45.2 Å². The van der Waals surface area contributed by atoms with Crippen molar-refractivity contribution >= 4 is 35.5 Å². The molecular formula is C18H23N5OS. The van der Waals surface area contributed by atoms with Crippen molar-refractivity contribution in [1.29, 1.82) is 0 Å². The molecule has 1 atom stereocenters. The molecule has 2 heterocycles. The Hall–Kier alpha value is -2.41. The fourth-order valence-corrected chi connectivity index (χ4v) is 3.12. The van der Waals surface area contributed by atoms with Crippen molar-refractivity contribution in [1.82, 2.24) is 9.97 Å². The molecule has 7 heteroatoms. The molecule has 0 saturated heterocycles. The van der Waals surface area contributed by atoms with Crippen molar-refractivity contribution in [3.05, 3.63) is 47.3 Å². The molecule has 0 fully saturated rings. The normalized spacial score (nSPS) is 17.1. The summed E-state index contributed by atoms with van der Waals surface area (Å²) in [6, 6.07) is 1.73. The fourth-order valence-electron chi connectivity index (χ4n) is 2.13. The summed E-state index contributed by atoms with van der Waals surface area (Å²) in [6.45, 7) is 7.60. The molecule has 6 nitrogen and oxygen atoms in total.